The first kappa shape index (κ1) is 18.1. The molecule has 2 aromatic heterocycles. The molecule has 0 saturated carbocycles. The van der Waals surface area contributed by atoms with Crippen LogP contribution in [0.25, 0.3) is 10.9 Å². The quantitative estimate of drug-likeness (QED) is 0.753. The van der Waals surface area contributed by atoms with Gasteiger partial charge in [-0.25, -0.2) is 4.39 Å². The van der Waals surface area contributed by atoms with E-state index in [4.69, 9.17) is 5.73 Å². The number of amides is 2. The lowest BCUT2D eigenvalue weighted by atomic mass is 9.90. The van der Waals surface area contributed by atoms with Gasteiger partial charge < -0.3 is 10.6 Å². The van der Waals surface area contributed by atoms with Gasteiger partial charge >= 0.3 is 0 Å². The lowest BCUT2D eigenvalue weighted by molar-refractivity contribution is 0.0699. The molecule has 0 radical (unpaired) electrons. The van der Waals surface area contributed by atoms with Gasteiger partial charge in [-0.15, -0.1) is 0 Å². The van der Waals surface area contributed by atoms with Crippen molar-refractivity contribution in [3.8, 4) is 0 Å². The van der Waals surface area contributed by atoms with Crippen LogP contribution in [0.1, 0.15) is 45.3 Å². The number of aryl methyl sites for hydroxylation is 1. The summed E-state index contributed by atoms with van der Waals surface area (Å²) in [6.07, 6.45) is 3.29. The Morgan fingerprint density at radius 2 is 2.07 bits per heavy atom. The van der Waals surface area contributed by atoms with Crippen LogP contribution >= 0.6 is 0 Å². The number of hydrogen-bond donors (Lipinski definition) is 1. The van der Waals surface area contributed by atoms with E-state index in [1.54, 1.807) is 41.0 Å². The average Bonchev–Trinajstić information content (AvgIpc) is 3.12. The van der Waals surface area contributed by atoms with Gasteiger partial charge in [0.15, 0.2) is 0 Å². The normalized spacial score (nSPS) is 17.1. The standard InChI is InChI=1S/C20H20FN5O2/c1-25-8-6-17(24-25)20(28)26-7-2-3-12(11-26)18-15(19(22)27)10-13-9-14(21)4-5-16(13)23-18/h4-6,8-10,12H,2-3,7,11H2,1H3,(H2,22,27). The number of carbonyl (C=O) groups excluding carboxylic acids is 2. The van der Waals surface area contributed by atoms with Crippen molar-refractivity contribution in [1.29, 1.82) is 0 Å². The van der Waals surface area contributed by atoms with Gasteiger partial charge in [0.1, 0.15) is 11.5 Å². The van der Waals surface area contributed by atoms with E-state index in [0.717, 1.165) is 12.8 Å². The van der Waals surface area contributed by atoms with Gasteiger partial charge in [0.25, 0.3) is 11.8 Å². The number of nitrogens with two attached hydrogens (primary N) is 1. The monoisotopic (exact) mass is 381 g/mol. The zero-order valence-corrected chi connectivity index (χ0v) is 15.4. The van der Waals surface area contributed by atoms with Crippen molar-refractivity contribution >= 4 is 22.7 Å². The first-order valence-electron chi connectivity index (χ1n) is 9.11. The predicted octanol–water partition coefficient (Wildman–Crippen LogP) is 2.23. The maximum Gasteiger partial charge on any atom is 0.274 e. The molecule has 4 rings (SSSR count). The predicted molar refractivity (Wildman–Crippen MR) is 101 cm³/mol. The molecule has 28 heavy (non-hydrogen) atoms. The molecule has 0 bridgehead atoms. The molecule has 7 nitrogen and oxygen atoms in total. The molecule has 8 heteroatoms. The smallest absolute Gasteiger partial charge is 0.274 e. The highest BCUT2D eigenvalue weighted by Gasteiger charge is 2.30. The number of likely N-dealkylation sites (tertiary alicyclic amines) is 1. The summed E-state index contributed by atoms with van der Waals surface area (Å²) in [5.74, 6) is -1.28. The Hall–Kier alpha value is -3.29. The molecule has 144 valence electrons. The van der Waals surface area contributed by atoms with Crippen LogP contribution in [0, 0.1) is 5.82 Å². The molecule has 1 atom stereocenters. The largest absolute Gasteiger partial charge is 0.366 e. The van der Waals surface area contributed by atoms with E-state index >= 15 is 0 Å². The molecule has 2 amide bonds. The summed E-state index contributed by atoms with van der Waals surface area (Å²) >= 11 is 0. The molecule has 3 aromatic rings. The third kappa shape index (κ3) is 3.33. The Balaban J connectivity index is 1.68. The Morgan fingerprint density at radius 3 is 2.79 bits per heavy atom. The number of rotatable bonds is 3. The number of piperidine rings is 1. The van der Waals surface area contributed by atoms with Crippen molar-refractivity contribution in [2.45, 2.75) is 18.8 Å². The van der Waals surface area contributed by atoms with Gasteiger partial charge in [0, 0.05) is 37.6 Å². The second kappa shape index (κ2) is 7.03. The average molecular weight is 381 g/mol. The maximum atomic E-state index is 13.5. The highest BCUT2D eigenvalue weighted by Crippen LogP contribution is 2.30. The first-order chi connectivity index (χ1) is 13.4. The maximum absolute atomic E-state index is 13.5. The zero-order valence-electron chi connectivity index (χ0n) is 15.4. The van der Waals surface area contributed by atoms with E-state index in [-0.39, 0.29) is 17.4 Å². The van der Waals surface area contributed by atoms with E-state index in [0.29, 0.717) is 35.4 Å². The van der Waals surface area contributed by atoms with Crippen LogP contribution in [0.5, 0.6) is 0 Å². The third-order valence-electron chi connectivity index (χ3n) is 5.10. The second-order valence-electron chi connectivity index (χ2n) is 7.09. The Kier molecular flexibility index (Phi) is 4.54. The summed E-state index contributed by atoms with van der Waals surface area (Å²) in [6, 6.07) is 7.52. The number of carbonyl (C=O) groups is 2. The highest BCUT2D eigenvalue weighted by molar-refractivity contribution is 5.98. The summed E-state index contributed by atoms with van der Waals surface area (Å²) in [6.45, 7) is 1.05. The first-order valence-corrected chi connectivity index (χ1v) is 9.11. The van der Waals surface area contributed by atoms with Crippen molar-refractivity contribution in [3.05, 3.63) is 59.3 Å². The molecule has 1 aliphatic heterocycles. The highest BCUT2D eigenvalue weighted by atomic mass is 19.1. The van der Waals surface area contributed by atoms with E-state index < -0.39 is 11.7 Å². The molecule has 1 aliphatic rings. The molecule has 2 N–H and O–H groups in total. The van der Waals surface area contributed by atoms with E-state index in [9.17, 15) is 14.0 Å². The summed E-state index contributed by atoms with van der Waals surface area (Å²) in [5.41, 5.74) is 7.39. The van der Waals surface area contributed by atoms with Gasteiger partial charge in [-0.3, -0.25) is 19.3 Å². The molecule has 1 aromatic carbocycles. The number of benzene rings is 1. The summed E-state index contributed by atoms with van der Waals surface area (Å²) in [4.78, 5) is 31.1. The van der Waals surface area contributed by atoms with Crippen LogP contribution in [-0.2, 0) is 7.05 Å². The van der Waals surface area contributed by atoms with Crippen molar-refractivity contribution in [1.82, 2.24) is 19.7 Å². The number of nitrogens with zero attached hydrogens (tertiary/aromatic N) is 4. The van der Waals surface area contributed by atoms with Gasteiger partial charge in [0.05, 0.1) is 16.8 Å². The number of fused-ring (bicyclic) bond motifs is 1. The van der Waals surface area contributed by atoms with E-state index in [1.165, 1.54) is 12.1 Å². The van der Waals surface area contributed by atoms with E-state index in [1.807, 2.05) is 0 Å². The minimum Gasteiger partial charge on any atom is -0.366 e. The molecule has 3 heterocycles. The van der Waals surface area contributed by atoms with Crippen LogP contribution in [0.2, 0.25) is 0 Å². The van der Waals surface area contributed by atoms with Gasteiger partial charge in [-0.1, -0.05) is 0 Å². The van der Waals surface area contributed by atoms with Crippen molar-refractivity contribution in [2.24, 2.45) is 12.8 Å². The van der Waals surface area contributed by atoms with Crippen LogP contribution in [0.4, 0.5) is 4.39 Å². The number of pyridine rings is 1. The van der Waals surface area contributed by atoms with Crippen LogP contribution in [0.15, 0.2) is 36.5 Å². The lowest BCUT2D eigenvalue weighted by Crippen LogP contribution is -2.40. The van der Waals surface area contributed by atoms with Crippen molar-refractivity contribution < 1.29 is 14.0 Å². The minimum absolute atomic E-state index is 0.127. The molecule has 1 saturated heterocycles. The number of primary amides is 1. The summed E-state index contributed by atoms with van der Waals surface area (Å²) in [7, 11) is 1.76. The minimum atomic E-state index is -0.609. The molecular weight excluding hydrogens is 361 g/mol. The Bertz CT molecular complexity index is 1080. The summed E-state index contributed by atoms with van der Waals surface area (Å²) < 4.78 is 15.1. The van der Waals surface area contributed by atoms with Crippen molar-refractivity contribution in [2.75, 3.05) is 13.1 Å². The fraction of sp³-hybridized carbons (Fsp3) is 0.300. The molecule has 1 unspecified atom stereocenters. The molecule has 0 aliphatic carbocycles. The van der Waals surface area contributed by atoms with Gasteiger partial charge in [0.2, 0.25) is 0 Å². The molecule has 0 spiro atoms. The van der Waals surface area contributed by atoms with Crippen molar-refractivity contribution in [3.63, 3.8) is 0 Å². The molecular formula is C20H20FN5O2. The second-order valence-corrected chi connectivity index (χ2v) is 7.09. The number of aromatic nitrogens is 3. The Labute approximate surface area is 160 Å². The SMILES string of the molecule is Cn1ccc(C(=O)N2CCCC(c3nc4ccc(F)cc4cc3C(N)=O)C2)n1. The van der Waals surface area contributed by atoms with Gasteiger partial charge in [-0.05, 0) is 43.2 Å². The topological polar surface area (TPSA) is 94.1 Å². The summed E-state index contributed by atoms with van der Waals surface area (Å²) in [5, 5.41) is 4.70. The third-order valence-corrected chi connectivity index (χ3v) is 5.10. The Morgan fingerprint density at radius 1 is 1.25 bits per heavy atom. The fourth-order valence-corrected chi connectivity index (χ4v) is 3.75. The van der Waals surface area contributed by atoms with E-state index in [2.05, 4.69) is 10.1 Å². The fourth-order valence-electron chi connectivity index (χ4n) is 3.75. The van der Waals surface area contributed by atoms with Crippen LogP contribution < -0.4 is 5.73 Å². The molecule has 1 fully saturated rings. The number of hydrogen-bond acceptors (Lipinski definition) is 4. The number of halogens is 1. The van der Waals surface area contributed by atoms with Gasteiger partial charge in [-0.2, -0.15) is 5.10 Å². The zero-order chi connectivity index (χ0) is 19.8. The van der Waals surface area contributed by atoms with Crippen LogP contribution in [0.3, 0.4) is 0 Å². The lowest BCUT2D eigenvalue weighted by Gasteiger charge is -2.32. The van der Waals surface area contributed by atoms with Crippen LogP contribution in [-0.4, -0.2) is 44.6 Å².